The summed E-state index contributed by atoms with van der Waals surface area (Å²) in [5.74, 6) is -1.83. The molecule has 2 aliphatic rings. The number of amides is 2. The Labute approximate surface area is 203 Å². The fourth-order valence-corrected chi connectivity index (χ4v) is 5.23. The van der Waals surface area contributed by atoms with Gasteiger partial charge in [0, 0.05) is 16.2 Å². The first-order chi connectivity index (χ1) is 14.0. The number of hydrogen-bond donors (Lipinski definition) is 1. The maximum Gasteiger partial charge on any atom is 1.00 e. The maximum absolute atomic E-state index is 12.7. The van der Waals surface area contributed by atoms with E-state index in [1.807, 2.05) is 6.92 Å². The summed E-state index contributed by atoms with van der Waals surface area (Å²) in [4.78, 5) is 43.1. The standard InChI is InChI=1S/C20H17N3O4S2.Na/c1-11-14(29-10-21-11)8-7-13-9-28-19-15(18(25)23(19)16(13)20(26)27)22-17(24)12-5-3-2-4-6-12;/h2-8,10,15,19H,9H2,1H3,(H,22,24)(H,26,27);/q;+1/p-1/b8-7+;/t15-,19-;/m1./s1. The molecule has 2 atom stereocenters. The summed E-state index contributed by atoms with van der Waals surface area (Å²) in [5, 5.41) is 14.0. The Balaban J connectivity index is 0.00000256. The fourth-order valence-electron chi connectivity index (χ4n) is 3.22. The average Bonchev–Trinajstić information content (AvgIpc) is 3.14. The quantitative estimate of drug-likeness (QED) is 0.426. The molecule has 30 heavy (non-hydrogen) atoms. The van der Waals surface area contributed by atoms with Gasteiger partial charge >= 0.3 is 29.6 Å². The number of β-lactam (4-membered cyclic amide) rings is 1. The van der Waals surface area contributed by atoms with Gasteiger partial charge in [0.1, 0.15) is 11.4 Å². The second kappa shape index (κ2) is 9.49. The Morgan fingerprint density at radius 2 is 2.00 bits per heavy atom. The molecule has 2 amide bonds. The van der Waals surface area contributed by atoms with E-state index in [1.54, 1.807) is 48.0 Å². The van der Waals surface area contributed by atoms with E-state index in [2.05, 4.69) is 10.3 Å². The molecule has 1 fully saturated rings. The number of benzene rings is 1. The number of nitrogens with zero attached hydrogens (tertiary/aromatic N) is 2. The number of aryl methyl sites for hydroxylation is 1. The number of carboxylic acids is 1. The zero-order valence-corrected chi connectivity index (χ0v) is 20.0. The summed E-state index contributed by atoms with van der Waals surface area (Å²) in [6.45, 7) is 1.87. The van der Waals surface area contributed by atoms with Crippen molar-refractivity contribution in [2.75, 3.05) is 5.75 Å². The van der Waals surface area contributed by atoms with Gasteiger partial charge in [0.25, 0.3) is 11.8 Å². The van der Waals surface area contributed by atoms with Crippen molar-refractivity contribution in [3.05, 3.63) is 69.3 Å². The second-order valence-corrected chi connectivity index (χ2v) is 8.51. The van der Waals surface area contributed by atoms with Gasteiger partial charge in [-0.2, -0.15) is 0 Å². The molecule has 2 aromatic rings. The van der Waals surface area contributed by atoms with Crippen molar-refractivity contribution in [1.82, 2.24) is 15.2 Å². The fraction of sp³-hybridized carbons (Fsp3) is 0.200. The number of rotatable bonds is 5. The summed E-state index contributed by atoms with van der Waals surface area (Å²) < 4.78 is 0. The second-order valence-electron chi connectivity index (χ2n) is 6.52. The van der Waals surface area contributed by atoms with Crippen LogP contribution in [0.15, 0.2) is 53.2 Å². The number of carboxylic acid groups (broad SMARTS) is 1. The molecule has 148 valence electrons. The van der Waals surface area contributed by atoms with E-state index < -0.39 is 23.3 Å². The molecule has 0 saturated carbocycles. The van der Waals surface area contributed by atoms with E-state index in [1.165, 1.54) is 28.0 Å². The first-order valence-corrected chi connectivity index (χ1v) is 10.7. The predicted molar refractivity (Wildman–Crippen MR) is 109 cm³/mol. The first kappa shape index (κ1) is 22.8. The Bertz CT molecular complexity index is 1050. The molecule has 3 heterocycles. The van der Waals surface area contributed by atoms with Crippen LogP contribution in [0.4, 0.5) is 0 Å². The number of fused-ring (bicyclic) bond motifs is 1. The van der Waals surface area contributed by atoms with Crippen molar-refractivity contribution in [2.45, 2.75) is 18.3 Å². The van der Waals surface area contributed by atoms with Gasteiger partial charge in [-0.3, -0.25) is 14.5 Å². The molecule has 0 spiro atoms. The molecular weight excluding hydrogens is 433 g/mol. The summed E-state index contributed by atoms with van der Waals surface area (Å²) >= 11 is 2.86. The largest absolute Gasteiger partial charge is 1.00 e. The van der Waals surface area contributed by atoms with Crippen LogP contribution in [0.3, 0.4) is 0 Å². The molecule has 0 bridgehead atoms. The number of allylic oxidation sites excluding steroid dienone is 1. The van der Waals surface area contributed by atoms with Crippen LogP contribution in [-0.2, 0) is 9.59 Å². The number of nitrogens with one attached hydrogen (secondary N) is 1. The summed E-state index contributed by atoms with van der Waals surface area (Å²) in [6, 6.07) is 7.81. The molecule has 0 aliphatic carbocycles. The van der Waals surface area contributed by atoms with Crippen LogP contribution in [0.1, 0.15) is 20.9 Å². The third-order valence-corrected chi connectivity index (χ3v) is 6.93. The average molecular weight is 449 g/mol. The molecule has 0 radical (unpaired) electrons. The molecule has 10 heteroatoms. The molecule has 2 aliphatic heterocycles. The topological polar surface area (TPSA) is 102 Å². The van der Waals surface area contributed by atoms with Crippen molar-refractivity contribution >= 4 is 47.0 Å². The zero-order chi connectivity index (χ0) is 20.5. The molecular formula is C20H16N3NaO4S2. The van der Waals surface area contributed by atoms with E-state index in [0.29, 0.717) is 16.9 Å². The van der Waals surface area contributed by atoms with Crippen molar-refractivity contribution in [1.29, 1.82) is 0 Å². The number of aliphatic carboxylic acids is 1. The Morgan fingerprint density at radius 3 is 2.63 bits per heavy atom. The number of thioether (sulfide) groups is 1. The molecule has 1 aromatic heterocycles. The smallest absolute Gasteiger partial charge is 0.543 e. The first-order valence-electron chi connectivity index (χ1n) is 8.80. The summed E-state index contributed by atoms with van der Waals surface area (Å²) in [7, 11) is 0. The van der Waals surface area contributed by atoms with Crippen LogP contribution in [0.25, 0.3) is 6.08 Å². The molecule has 4 rings (SSSR count). The van der Waals surface area contributed by atoms with E-state index in [9.17, 15) is 19.5 Å². The van der Waals surface area contributed by atoms with Gasteiger partial charge in [0.2, 0.25) is 0 Å². The van der Waals surface area contributed by atoms with Gasteiger partial charge in [-0.1, -0.05) is 24.3 Å². The summed E-state index contributed by atoms with van der Waals surface area (Å²) in [6.07, 6.45) is 3.49. The van der Waals surface area contributed by atoms with Crippen LogP contribution in [0.2, 0.25) is 0 Å². The number of carbonyl (C=O) groups is 3. The Morgan fingerprint density at radius 1 is 1.27 bits per heavy atom. The van der Waals surface area contributed by atoms with Crippen LogP contribution in [0.5, 0.6) is 0 Å². The van der Waals surface area contributed by atoms with Gasteiger partial charge in [-0.05, 0) is 30.7 Å². The van der Waals surface area contributed by atoms with E-state index >= 15 is 0 Å². The predicted octanol–water partition coefficient (Wildman–Crippen LogP) is -1.81. The van der Waals surface area contributed by atoms with Crippen LogP contribution >= 0.6 is 23.1 Å². The minimum atomic E-state index is -1.41. The minimum absolute atomic E-state index is 0. The van der Waals surface area contributed by atoms with E-state index in [4.69, 9.17) is 0 Å². The van der Waals surface area contributed by atoms with Crippen molar-refractivity contribution in [3.63, 3.8) is 0 Å². The van der Waals surface area contributed by atoms with Gasteiger partial charge in [-0.15, -0.1) is 23.1 Å². The van der Waals surface area contributed by atoms with Crippen molar-refractivity contribution in [3.8, 4) is 0 Å². The minimum Gasteiger partial charge on any atom is -0.543 e. The van der Waals surface area contributed by atoms with E-state index in [0.717, 1.165) is 10.6 Å². The third-order valence-electron chi connectivity index (χ3n) is 4.73. The van der Waals surface area contributed by atoms with Crippen molar-refractivity contribution < 1.29 is 49.0 Å². The number of thiazole rings is 1. The maximum atomic E-state index is 12.7. The molecule has 1 aromatic carbocycles. The Kier molecular flexibility index (Phi) is 7.20. The van der Waals surface area contributed by atoms with Gasteiger partial charge in [0.05, 0.1) is 22.9 Å². The third kappa shape index (κ3) is 4.26. The number of hydrogen-bond acceptors (Lipinski definition) is 7. The van der Waals surface area contributed by atoms with Crippen LogP contribution in [-0.4, -0.2) is 44.8 Å². The summed E-state index contributed by atoms with van der Waals surface area (Å²) in [5.41, 5.74) is 3.38. The van der Waals surface area contributed by atoms with Gasteiger partial charge < -0.3 is 15.2 Å². The molecule has 7 nitrogen and oxygen atoms in total. The zero-order valence-electron chi connectivity index (χ0n) is 16.3. The molecule has 1 N–H and O–H groups in total. The van der Waals surface area contributed by atoms with Crippen molar-refractivity contribution in [2.24, 2.45) is 0 Å². The van der Waals surface area contributed by atoms with Crippen LogP contribution in [0, 0.1) is 6.92 Å². The SMILES string of the molecule is Cc1ncsc1/C=C/C1=C(C(=O)[O-])N2C(=O)[C@@H](NC(=O)c3ccccc3)[C@H]2SC1.[Na+]. The molecule has 1 saturated heterocycles. The monoisotopic (exact) mass is 449 g/mol. The van der Waals surface area contributed by atoms with Gasteiger partial charge in [-0.25, -0.2) is 4.98 Å². The Hall–Kier alpha value is -1.91. The number of carbonyl (C=O) groups excluding carboxylic acids is 3. The van der Waals surface area contributed by atoms with Crippen LogP contribution < -0.4 is 40.0 Å². The molecule has 0 unspecified atom stereocenters. The van der Waals surface area contributed by atoms with Gasteiger partial charge in [0.15, 0.2) is 0 Å². The normalized spacial score (nSPS) is 20.4. The van der Waals surface area contributed by atoms with E-state index in [-0.39, 0.29) is 41.2 Å². The number of aromatic nitrogens is 1.